The lowest BCUT2D eigenvalue weighted by Crippen LogP contribution is -2.05. The number of hydrogen-bond acceptors (Lipinski definition) is 5. The molecule has 0 aromatic heterocycles. The van der Waals surface area contributed by atoms with Gasteiger partial charge in [-0.15, -0.1) is 0 Å². The molecule has 0 amide bonds. The average Bonchev–Trinajstić information content (AvgIpc) is 2.82. The summed E-state index contributed by atoms with van der Waals surface area (Å²) in [5, 5.41) is 10.1. The Morgan fingerprint density at radius 2 is 1.66 bits per heavy atom. The summed E-state index contributed by atoms with van der Waals surface area (Å²) in [5.41, 5.74) is 2.68. The van der Waals surface area contributed by atoms with Gasteiger partial charge >= 0.3 is 5.97 Å². The number of benzene rings is 3. The van der Waals surface area contributed by atoms with Crippen LogP contribution in [-0.2, 0) is 4.79 Å². The Morgan fingerprint density at radius 1 is 0.938 bits per heavy atom. The zero-order chi connectivity index (χ0) is 22.9. The SMILES string of the molecule is COc1ccccc1C=CC(=O)Oc1ccc(C=C(C#N)c2ccc(Cl)cc2)cc1OC. The van der Waals surface area contributed by atoms with Crippen LogP contribution in [0.5, 0.6) is 17.2 Å². The first-order chi connectivity index (χ1) is 15.5. The van der Waals surface area contributed by atoms with Crippen molar-refractivity contribution in [2.24, 2.45) is 0 Å². The maximum Gasteiger partial charge on any atom is 0.336 e. The van der Waals surface area contributed by atoms with Gasteiger partial charge in [0.25, 0.3) is 0 Å². The van der Waals surface area contributed by atoms with E-state index in [4.69, 9.17) is 25.8 Å². The van der Waals surface area contributed by atoms with E-state index in [9.17, 15) is 10.1 Å². The molecule has 32 heavy (non-hydrogen) atoms. The average molecular weight is 446 g/mol. The highest BCUT2D eigenvalue weighted by Gasteiger charge is 2.10. The van der Waals surface area contributed by atoms with E-state index in [0.29, 0.717) is 22.1 Å². The van der Waals surface area contributed by atoms with Gasteiger partial charge in [-0.1, -0.05) is 48.0 Å². The fraction of sp³-hybridized carbons (Fsp3) is 0.0769. The largest absolute Gasteiger partial charge is 0.496 e. The number of methoxy groups -OCH3 is 2. The van der Waals surface area contributed by atoms with Crippen molar-refractivity contribution in [3.8, 4) is 23.3 Å². The van der Waals surface area contributed by atoms with Gasteiger partial charge in [0, 0.05) is 16.7 Å². The Bertz CT molecular complexity index is 1210. The predicted octanol–water partition coefficient (Wildman–Crippen LogP) is 6.04. The zero-order valence-electron chi connectivity index (χ0n) is 17.5. The predicted molar refractivity (Wildman–Crippen MR) is 126 cm³/mol. The summed E-state index contributed by atoms with van der Waals surface area (Å²) in [6.07, 6.45) is 4.66. The van der Waals surface area contributed by atoms with E-state index < -0.39 is 5.97 Å². The third-order valence-electron chi connectivity index (χ3n) is 4.52. The highest BCUT2D eigenvalue weighted by Crippen LogP contribution is 2.30. The minimum absolute atomic E-state index is 0.268. The molecule has 0 saturated heterocycles. The van der Waals surface area contributed by atoms with Crippen molar-refractivity contribution in [2.45, 2.75) is 0 Å². The van der Waals surface area contributed by atoms with Crippen LogP contribution in [0.1, 0.15) is 16.7 Å². The zero-order valence-corrected chi connectivity index (χ0v) is 18.3. The maximum absolute atomic E-state index is 12.3. The molecule has 5 nitrogen and oxygen atoms in total. The van der Waals surface area contributed by atoms with Gasteiger partial charge in [0.1, 0.15) is 5.75 Å². The van der Waals surface area contributed by atoms with Gasteiger partial charge in [-0.3, -0.25) is 0 Å². The van der Waals surface area contributed by atoms with Crippen LogP contribution < -0.4 is 14.2 Å². The number of carbonyl (C=O) groups excluding carboxylic acids is 1. The van der Waals surface area contributed by atoms with E-state index in [2.05, 4.69) is 6.07 Å². The van der Waals surface area contributed by atoms with Crippen LogP contribution >= 0.6 is 11.6 Å². The lowest BCUT2D eigenvalue weighted by molar-refractivity contribution is -0.129. The van der Waals surface area contributed by atoms with Crippen LogP contribution in [0, 0.1) is 11.3 Å². The molecule has 3 aromatic carbocycles. The Morgan fingerprint density at radius 3 is 2.34 bits per heavy atom. The summed E-state index contributed by atoms with van der Waals surface area (Å²) in [7, 11) is 3.05. The highest BCUT2D eigenvalue weighted by molar-refractivity contribution is 6.30. The molecule has 0 heterocycles. The summed E-state index contributed by atoms with van der Waals surface area (Å²) >= 11 is 5.92. The number of allylic oxidation sites excluding steroid dienone is 1. The number of carbonyl (C=O) groups is 1. The second-order valence-electron chi connectivity index (χ2n) is 6.58. The molecular weight excluding hydrogens is 426 g/mol. The van der Waals surface area contributed by atoms with Gasteiger partial charge in [-0.25, -0.2) is 4.79 Å². The second-order valence-corrected chi connectivity index (χ2v) is 7.02. The smallest absolute Gasteiger partial charge is 0.336 e. The van der Waals surface area contributed by atoms with Crippen molar-refractivity contribution in [1.82, 2.24) is 0 Å². The maximum atomic E-state index is 12.3. The number of hydrogen-bond donors (Lipinski definition) is 0. The summed E-state index contributed by atoms with van der Waals surface area (Å²) in [6.45, 7) is 0. The Balaban J connectivity index is 1.79. The summed E-state index contributed by atoms with van der Waals surface area (Å²) in [5.74, 6) is 0.728. The number of rotatable bonds is 7. The van der Waals surface area contributed by atoms with Gasteiger partial charge in [0.15, 0.2) is 11.5 Å². The molecule has 0 bridgehead atoms. The van der Waals surface area contributed by atoms with Crippen LogP contribution in [0.3, 0.4) is 0 Å². The highest BCUT2D eigenvalue weighted by atomic mass is 35.5. The lowest BCUT2D eigenvalue weighted by Gasteiger charge is -2.09. The molecule has 3 aromatic rings. The van der Waals surface area contributed by atoms with E-state index >= 15 is 0 Å². The third kappa shape index (κ3) is 5.78. The number of para-hydroxylation sites is 1. The van der Waals surface area contributed by atoms with E-state index in [1.54, 1.807) is 67.8 Å². The Labute approximate surface area is 191 Å². The fourth-order valence-electron chi connectivity index (χ4n) is 2.94. The fourth-order valence-corrected chi connectivity index (χ4v) is 3.06. The van der Waals surface area contributed by atoms with Gasteiger partial charge in [-0.2, -0.15) is 5.26 Å². The quantitative estimate of drug-likeness (QED) is 0.146. The molecule has 0 atom stereocenters. The van der Waals surface area contributed by atoms with Crippen molar-refractivity contribution < 1.29 is 19.0 Å². The van der Waals surface area contributed by atoms with Crippen LogP contribution in [-0.4, -0.2) is 20.2 Å². The molecule has 0 saturated carbocycles. The van der Waals surface area contributed by atoms with Gasteiger partial charge in [0.05, 0.1) is 25.9 Å². The monoisotopic (exact) mass is 445 g/mol. The van der Waals surface area contributed by atoms with E-state index in [1.807, 2.05) is 18.2 Å². The number of ether oxygens (including phenoxy) is 3. The van der Waals surface area contributed by atoms with E-state index in [0.717, 1.165) is 16.7 Å². The van der Waals surface area contributed by atoms with Gasteiger partial charge < -0.3 is 14.2 Å². The van der Waals surface area contributed by atoms with Crippen molar-refractivity contribution in [1.29, 1.82) is 5.26 Å². The molecule has 0 N–H and O–H groups in total. The Hall–Kier alpha value is -4.01. The van der Waals surface area contributed by atoms with Gasteiger partial charge in [0.2, 0.25) is 0 Å². The number of nitrogens with zero attached hydrogens (tertiary/aromatic N) is 1. The number of halogens is 1. The molecule has 3 rings (SSSR count). The second kappa shape index (κ2) is 10.9. The first kappa shape index (κ1) is 22.7. The normalized spacial score (nSPS) is 11.1. The Kier molecular flexibility index (Phi) is 7.69. The van der Waals surface area contributed by atoms with Crippen molar-refractivity contribution in [3.63, 3.8) is 0 Å². The minimum atomic E-state index is -0.559. The van der Waals surface area contributed by atoms with E-state index in [1.165, 1.54) is 13.2 Å². The van der Waals surface area contributed by atoms with E-state index in [-0.39, 0.29) is 5.75 Å². The molecule has 0 aliphatic heterocycles. The third-order valence-corrected chi connectivity index (χ3v) is 4.77. The number of esters is 1. The molecule has 0 spiro atoms. The standard InChI is InChI=1S/C26H20ClNO4/c1-30-23-6-4-3-5-20(23)10-14-26(29)32-24-13-7-18(16-25(24)31-2)15-21(17-28)19-8-11-22(27)12-9-19/h3-16H,1-2H3. The summed E-state index contributed by atoms with van der Waals surface area (Å²) in [6, 6.07) is 21.6. The number of nitriles is 1. The first-order valence-electron chi connectivity index (χ1n) is 9.62. The lowest BCUT2D eigenvalue weighted by atomic mass is 10.0. The molecule has 0 radical (unpaired) electrons. The first-order valence-corrected chi connectivity index (χ1v) is 10.0. The van der Waals surface area contributed by atoms with Crippen LogP contribution in [0.2, 0.25) is 5.02 Å². The van der Waals surface area contributed by atoms with Crippen molar-refractivity contribution >= 4 is 35.3 Å². The van der Waals surface area contributed by atoms with Crippen LogP contribution in [0.25, 0.3) is 17.7 Å². The van der Waals surface area contributed by atoms with Crippen LogP contribution in [0.4, 0.5) is 0 Å². The minimum Gasteiger partial charge on any atom is -0.496 e. The molecule has 0 fully saturated rings. The molecule has 160 valence electrons. The molecule has 6 heteroatoms. The molecule has 0 aliphatic rings. The molecular formula is C26H20ClNO4. The summed E-state index contributed by atoms with van der Waals surface area (Å²) < 4.78 is 16.1. The molecule has 0 aliphatic carbocycles. The van der Waals surface area contributed by atoms with Crippen LogP contribution in [0.15, 0.2) is 72.8 Å². The molecule has 0 unspecified atom stereocenters. The topological polar surface area (TPSA) is 68.5 Å². The van der Waals surface area contributed by atoms with Crippen molar-refractivity contribution in [2.75, 3.05) is 14.2 Å². The van der Waals surface area contributed by atoms with Crippen molar-refractivity contribution in [3.05, 3.63) is 94.5 Å². The summed E-state index contributed by atoms with van der Waals surface area (Å²) in [4.78, 5) is 12.3. The van der Waals surface area contributed by atoms with Gasteiger partial charge in [-0.05, 0) is 53.6 Å².